The molecule has 0 bridgehead atoms. The summed E-state index contributed by atoms with van der Waals surface area (Å²) in [5, 5.41) is 6.30. The SMILES string of the molecule is Cc1nc2c(F)cccc2c2c1O[C@]1(CC2)C[C@H]2C(=O)N[C@]3(C(=O)NS(=O)(=O)C4(C)CC4)C[C@H]3/C=C\CCCCCC(NC(=O)OC(C)(C)C)C(=O)N2C1. The summed E-state index contributed by atoms with van der Waals surface area (Å²) in [4.78, 5) is 62.1. The normalized spacial score (nSPS) is 30.0. The van der Waals surface area contributed by atoms with Gasteiger partial charge in [-0.05, 0) is 92.1 Å². The van der Waals surface area contributed by atoms with Gasteiger partial charge in [0.15, 0.2) is 0 Å². The maximum atomic E-state index is 14.8. The number of rotatable bonds is 4. The Kier molecular flexibility index (Phi) is 9.50. The molecule has 292 valence electrons. The van der Waals surface area contributed by atoms with Crippen molar-refractivity contribution < 1.29 is 41.5 Å². The fraction of sp³-hybridized carbons (Fsp3) is 0.615. The van der Waals surface area contributed by atoms with Crippen molar-refractivity contribution in [1.29, 1.82) is 0 Å². The molecule has 0 radical (unpaired) electrons. The molecule has 5 atom stereocenters. The third-order valence-corrected chi connectivity index (χ3v) is 13.8. The van der Waals surface area contributed by atoms with Crippen LogP contribution in [0.25, 0.3) is 10.9 Å². The van der Waals surface area contributed by atoms with Crippen LogP contribution in [0, 0.1) is 18.7 Å². The average Bonchev–Trinajstić information content (AvgIpc) is 3.98. The summed E-state index contributed by atoms with van der Waals surface area (Å²) < 4.78 is 54.6. The first-order chi connectivity index (χ1) is 25.4. The van der Waals surface area contributed by atoms with Crippen LogP contribution in [0.15, 0.2) is 30.4 Å². The van der Waals surface area contributed by atoms with E-state index in [4.69, 9.17) is 9.47 Å². The summed E-state index contributed by atoms with van der Waals surface area (Å²) in [5.74, 6) is -2.35. The Morgan fingerprint density at radius 3 is 2.59 bits per heavy atom. The van der Waals surface area contributed by atoms with E-state index in [-0.39, 0.29) is 24.9 Å². The molecule has 1 saturated heterocycles. The molecule has 1 spiro atoms. The van der Waals surface area contributed by atoms with Crippen molar-refractivity contribution in [2.24, 2.45) is 5.92 Å². The molecule has 4 heterocycles. The van der Waals surface area contributed by atoms with E-state index >= 15 is 0 Å². The summed E-state index contributed by atoms with van der Waals surface area (Å²) in [7, 11) is -4.00. The molecule has 3 N–H and O–H groups in total. The quantitative estimate of drug-likeness (QED) is 0.375. The predicted octanol–water partition coefficient (Wildman–Crippen LogP) is 4.63. The van der Waals surface area contributed by atoms with E-state index in [9.17, 15) is 32.0 Å². The minimum atomic E-state index is -4.00. The minimum Gasteiger partial charge on any atom is -0.483 e. The van der Waals surface area contributed by atoms with Crippen molar-refractivity contribution in [3.63, 3.8) is 0 Å². The number of sulfonamides is 1. The van der Waals surface area contributed by atoms with Gasteiger partial charge in [0, 0.05) is 23.3 Å². The lowest BCUT2D eigenvalue weighted by atomic mass is 9.87. The van der Waals surface area contributed by atoms with Gasteiger partial charge in [0.05, 0.1) is 17.0 Å². The lowest BCUT2D eigenvalue weighted by Gasteiger charge is -2.36. The summed E-state index contributed by atoms with van der Waals surface area (Å²) in [6, 6.07) is 2.62. The first kappa shape index (κ1) is 38.0. The molecule has 1 unspecified atom stereocenters. The van der Waals surface area contributed by atoms with Crippen molar-refractivity contribution in [1.82, 2.24) is 25.2 Å². The van der Waals surface area contributed by atoms with Crippen LogP contribution in [-0.4, -0.2) is 82.2 Å². The largest absolute Gasteiger partial charge is 0.483 e. The monoisotopic (exact) mass is 767 g/mol. The maximum Gasteiger partial charge on any atom is 0.408 e. The van der Waals surface area contributed by atoms with Crippen molar-refractivity contribution >= 4 is 44.7 Å². The highest BCUT2D eigenvalue weighted by Gasteiger charge is 2.64. The Labute approximate surface area is 315 Å². The van der Waals surface area contributed by atoms with Crippen LogP contribution >= 0.6 is 0 Å². The van der Waals surface area contributed by atoms with Gasteiger partial charge in [-0.2, -0.15) is 0 Å². The minimum absolute atomic E-state index is 0.00819. The van der Waals surface area contributed by atoms with Crippen molar-refractivity contribution in [2.75, 3.05) is 6.54 Å². The smallest absolute Gasteiger partial charge is 0.408 e. The molecule has 4 amide bonds. The van der Waals surface area contributed by atoms with Gasteiger partial charge < -0.3 is 25.0 Å². The zero-order valence-corrected chi connectivity index (χ0v) is 32.4. The van der Waals surface area contributed by atoms with Crippen LogP contribution in [0.2, 0.25) is 0 Å². The second kappa shape index (κ2) is 13.5. The van der Waals surface area contributed by atoms with Gasteiger partial charge in [0.2, 0.25) is 21.8 Å². The van der Waals surface area contributed by atoms with Gasteiger partial charge in [-0.3, -0.25) is 19.1 Å². The summed E-state index contributed by atoms with van der Waals surface area (Å²) in [6.45, 7) is 8.48. The fourth-order valence-electron chi connectivity index (χ4n) is 8.13. The van der Waals surface area contributed by atoms with Crippen molar-refractivity contribution in [3.8, 4) is 5.75 Å². The number of carbonyl (C=O) groups is 4. The van der Waals surface area contributed by atoms with E-state index in [0.717, 1.165) is 18.4 Å². The molecule has 2 aliphatic carbocycles. The van der Waals surface area contributed by atoms with Crippen LogP contribution in [0.4, 0.5) is 9.18 Å². The number of nitrogens with one attached hydrogen (secondary N) is 3. The number of halogens is 1. The number of hydrogen-bond acceptors (Lipinski definition) is 9. The number of fused-ring (bicyclic) bond motifs is 5. The van der Waals surface area contributed by atoms with E-state index in [1.54, 1.807) is 46.8 Å². The van der Waals surface area contributed by atoms with E-state index in [0.29, 0.717) is 61.8 Å². The average molecular weight is 768 g/mol. The number of aryl methyl sites for hydroxylation is 2. The molecule has 1 aromatic carbocycles. The van der Waals surface area contributed by atoms with E-state index in [1.807, 2.05) is 12.2 Å². The van der Waals surface area contributed by atoms with Crippen LogP contribution < -0.4 is 20.1 Å². The number of nitrogens with zero attached hydrogens (tertiary/aromatic N) is 2. The lowest BCUT2D eigenvalue weighted by Crippen LogP contribution is -2.58. The molecule has 15 heteroatoms. The highest BCUT2D eigenvalue weighted by atomic mass is 32.2. The van der Waals surface area contributed by atoms with Gasteiger partial charge in [0.25, 0.3) is 5.91 Å². The molecule has 1 aromatic heterocycles. The number of benzene rings is 1. The second-order valence-electron chi connectivity index (χ2n) is 17.0. The zero-order chi connectivity index (χ0) is 38.8. The predicted molar refractivity (Wildman–Crippen MR) is 197 cm³/mol. The Bertz CT molecular complexity index is 2050. The highest BCUT2D eigenvalue weighted by molar-refractivity contribution is 7.91. The van der Waals surface area contributed by atoms with Crippen LogP contribution in [0.1, 0.15) is 103 Å². The number of alkyl carbamates (subject to hydrolysis) is 1. The molecule has 3 fully saturated rings. The molecule has 54 heavy (non-hydrogen) atoms. The Balaban J connectivity index is 1.24. The van der Waals surface area contributed by atoms with Crippen LogP contribution in [0.3, 0.4) is 0 Å². The number of pyridine rings is 1. The topological polar surface area (TPSA) is 173 Å². The maximum absolute atomic E-state index is 14.8. The molecule has 5 aliphatic rings. The highest BCUT2D eigenvalue weighted by Crippen LogP contribution is 2.49. The molecule has 3 aliphatic heterocycles. The summed E-state index contributed by atoms with van der Waals surface area (Å²) in [6.07, 6.45) is 8.14. The Morgan fingerprint density at radius 2 is 1.87 bits per heavy atom. The second-order valence-corrected chi connectivity index (χ2v) is 19.2. The molecule has 2 saturated carbocycles. The van der Waals surface area contributed by atoms with Gasteiger partial charge in [0.1, 0.15) is 45.9 Å². The van der Waals surface area contributed by atoms with Crippen molar-refractivity contribution in [3.05, 3.63) is 47.4 Å². The number of carbonyl (C=O) groups excluding carboxylic acids is 4. The number of para-hydroxylation sites is 1. The van der Waals surface area contributed by atoms with Crippen LogP contribution in [0.5, 0.6) is 5.75 Å². The van der Waals surface area contributed by atoms with Gasteiger partial charge in [-0.25, -0.2) is 22.6 Å². The van der Waals surface area contributed by atoms with Gasteiger partial charge >= 0.3 is 6.09 Å². The number of ether oxygens (including phenoxy) is 2. The van der Waals surface area contributed by atoms with Crippen molar-refractivity contribution in [2.45, 2.75) is 139 Å². The van der Waals surface area contributed by atoms with Gasteiger partial charge in [-0.1, -0.05) is 37.1 Å². The summed E-state index contributed by atoms with van der Waals surface area (Å²) >= 11 is 0. The van der Waals surface area contributed by atoms with E-state index in [1.165, 1.54) is 11.0 Å². The molecular weight excluding hydrogens is 718 g/mol. The Hall–Kier alpha value is -4.27. The number of allylic oxidation sites excluding steroid dienone is 1. The standard InChI is InChI=1S/C39H50FN5O8S/c1-23-31-26(25-13-11-14-27(40)30(25)41-23)16-17-38(52-31)21-29-32(46)43-39(34(48)44-54(50,51)37(5)18-19-37)20-24(39)12-9-7-6-8-10-15-28(33(47)45(29)22-38)42-35(49)53-36(2,3)4/h9,11-14,24,28-29H,6-8,10,15-22H2,1-5H3,(H,42,49)(H,43,46)(H,44,48)/b12-9-/t24-,28?,29+,38-,39-/m1/s1. The summed E-state index contributed by atoms with van der Waals surface area (Å²) in [5.41, 5.74) is -1.90. The fourth-order valence-corrected chi connectivity index (χ4v) is 9.44. The van der Waals surface area contributed by atoms with Crippen LogP contribution in [-0.2, 0) is 35.6 Å². The Morgan fingerprint density at radius 1 is 1.11 bits per heavy atom. The van der Waals surface area contributed by atoms with E-state index < -0.39 is 79.1 Å². The number of hydrogen-bond donors (Lipinski definition) is 3. The first-order valence-corrected chi connectivity index (χ1v) is 20.5. The van der Waals surface area contributed by atoms with E-state index in [2.05, 4.69) is 20.3 Å². The zero-order valence-electron chi connectivity index (χ0n) is 31.6. The molecule has 2 aromatic rings. The third kappa shape index (κ3) is 7.15. The third-order valence-electron chi connectivity index (χ3n) is 11.6. The first-order valence-electron chi connectivity index (χ1n) is 19.0. The molecular formula is C39H50FN5O8S. The number of aromatic nitrogens is 1. The van der Waals surface area contributed by atoms with Gasteiger partial charge in [-0.15, -0.1) is 0 Å². The molecule has 13 nitrogen and oxygen atoms in total. The molecule has 7 rings (SSSR count). The number of amides is 4. The lowest BCUT2D eigenvalue weighted by molar-refractivity contribution is -0.141.